The standard InChI is InChI=1S/C8H15NO2S/c1-7(6-9)5-8-3-2-4-12(8,10)11/h8H,1-6,9H2. The fourth-order valence-electron chi connectivity index (χ4n) is 1.49. The van der Waals surface area contributed by atoms with E-state index >= 15 is 0 Å². The van der Waals surface area contributed by atoms with Crippen LogP contribution in [0.5, 0.6) is 0 Å². The van der Waals surface area contributed by atoms with Crippen LogP contribution in [0.1, 0.15) is 19.3 Å². The van der Waals surface area contributed by atoms with Gasteiger partial charge in [0.05, 0.1) is 11.0 Å². The molecule has 1 aliphatic heterocycles. The Bertz CT molecular complexity index is 269. The topological polar surface area (TPSA) is 60.2 Å². The minimum atomic E-state index is -2.81. The van der Waals surface area contributed by atoms with Gasteiger partial charge in [0.1, 0.15) is 0 Å². The van der Waals surface area contributed by atoms with Gasteiger partial charge in [0.25, 0.3) is 0 Å². The molecule has 70 valence electrons. The lowest BCUT2D eigenvalue weighted by molar-refractivity contribution is 0.587. The minimum Gasteiger partial charge on any atom is -0.327 e. The van der Waals surface area contributed by atoms with Crippen LogP contribution < -0.4 is 5.73 Å². The zero-order valence-electron chi connectivity index (χ0n) is 7.12. The smallest absolute Gasteiger partial charge is 0.153 e. The minimum absolute atomic E-state index is 0.200. The molecule has 12 heavy (non-hydrogen) atoms. The van der Waals surface area contributed by atoms with E-state index in [9.17, 15) is 8.42 Å². The van der Waals surface area contributed by atoms with Crippen molar-refractivity contribution in [2.24, 2.45) is 5.73 Å². The third-order valence-electron chi connectivity index (χ3n) is 2.27. The number of hydrogen-bond donors (Lipinski definition) is 1. The highest BCUT2D eigenvalue weighted by atomic mass is 32.2. The highest BCUT2D eigenvalue weighted by molar-refractivity contribution is 7.92. The lowest BCUT2D eigenvalue weighted by Gasteiger charge is -2.09. The maximum Gasteiger partial charge on any atom is 0.153 e. The molecule has 0 bridgehead atoms. The molecule has 0 aliphatic carbocycles. The predicted octanol–water partition coefficient (Wildman–Crippen LogP) is 0.469. The summed E-state index contributed by atoms with van der Waals surface area (Å²) in [6.07, 6.45) is 2.13. The Balaban J connectivity index is 2.59. The van der Waals surface area contributed by atoms with Gasteiger partial charge in [-0.3, -0.25) is 0 Å². The second-order valence-electron chi connectivity index (χ2n) is 3.29. The van der Waals surface area contributed by atoms with E-state index in [0.717, 1.165) is 18.4 Å². The van der Waals surface area contributed by atoms with Gasteiger partial charge < -0.3 is 5.73 Å². The largest absolute Gasteiger partial charge is 0.327 e. The summed E-state index contributed by atoms with van der Waals surface area (Å²) in [4.78, 5) is 0. The molecule has 0 aromatic carbocycles. The van der Waals surface area contributed by atoms with Gasteiger partial charge in [-0.25, -0.2) is 8.42 Å². The molecule has 1 aliphatic rings. The number of sulfone groups is 1. The van der Waals surface area contributed by atoms with E-state index in [1.54, 1.807) is 0 Å². The molecule has 1 fully saturated rings. The average Bonchev–Trinajstić information content (AvgIpc) is 2.31. The van der Waals surface area contributed by atoms with Gasteiger partial charge in [-0.15, -0.1) is 0 Å². The molecule has 0 aromatic heterocycles. The van der Waals surface area contributed by atoms with Gasteiger partial charge in [0.15, 0.2) is 9.84 Å². The van der Waals surface area contributed by atoms with E-state index in [1.807, 2.05) is 0 Å². The monoisotopic (exact) mass is 189 g/mol. The lowest BCUT2D eigenvalue weighted by Crippen LogP contribution is -2.18. The summed E-state index contributed by atoms with van der Waals surface area (Å²) < 4.78 is 22.7. The SMILES string of the molecule is C=C(CN)CC1CCCS1(=O)=O. The van der Waals surface area contributed by atoms with Crippen molar-refractivity contribution in [2.45, 2.75) is 24.5 Å². The Hall–Kier alpha value is -0.350. The zero-order valence-corrected chi connectivity index (χ0v) is 7.94. The molecule has 2 N–H and O–H groups in total. The van der Waals surface area contributed by atoms with Crippen LogP contribution in [-0.2, 0) is 9.84 Å². The number of nitrogens with two attached hydrogens (primary N) is 1. The summed E-state index contributed by atoms with van der Waals surface area (Å²) in [6, 6.07) is 0. The first kappa shape index (κ1) is 9.74. The molecule has 1 saturated heterocycles. The Labute approximate surface area is 73.6 Å². The van der Waals surface area contributed by atoms with E-state index in [-0.39, 0.29) is 5.25 Å². The Morgan fingerprint density at radius 3 is 2.67 bits per heavy atom. The summed E-state index contributed by atoms with van der Waals surface area (Å²) in [7, 11) is -2.81. The van der Waals surface area contributed by atoms with Gasteiger partial charge in [0.2, 0.25) is 0 Å². The highest BCUT2D eigenvalue weighted by Crippen LogP contribution is 2.24. The fourth-order valence-corrected chi connectivity index (χ4v) is 3.41. The van der Waals surface area contributed by atoms with Gasteiger partial charge in [0, 0.05) is 6.54 Å². The normalized spacial score (nSPS) is 27.2. The van der Waals surface area contributed by atoms with E-state index in [1.165, 1.54) is 0 Å². The van der Waals surface area contributed by atoms with E-state index in [4.69, 9.17) is 5.73 Å². The maximum absolute atomic E-state index is 11.3. The van der Waals surface area contributed by atoms with Crippen LogP contribution in [-0.4, -0.2) is 26.0 Å². The molecule has 1 rings (SSSR count). The maximum atomic E-state index is 11.3. The second-order valence-corrected chi connectivity index (χ2v) is 5.69. The molecular weight excluding hydrogens is 174 g/mol. The first-order valence-corrected chi connectivity index (χ1v) is 5.86. The lowest BCUT2D eigenvalue weighted by atomic mass is 10.1. The molecule has 1 heterocycles. The van der Waals surface area contributed by atoms with Crippen molar-refractivity contribution >= 4 is 9.84 Å². The van der Waals surface area contributed by atoms with Crippen molar-refractivity contribution in [3.8, 4) is 0 Å². The molecule has 1 unspecified atom stereocenters. The third kappa shape index (κ3) is 2.08. The Morgan fingerprint density at radius 2 is 2.25 bits per heavy atom. The van der Waals surface area contributed by atoms with E-state index in [0.29, 0.717) is 18.7 Å². The molecule has 1 atom stereocenters. The molecule has 0 aromatic rings. The predicted molar refractivity (Wildman–Crippen MR) is 49.6 cm³/mol. The zero-order chi connectivity index (χ0) is 9.19. The summed E-state index contributed by atoms with van der Waals surface area (Å²) in [5.74, 6) is 0.343. The van der Waals surface area contributed by atoms with Crippen molar-refractivity contribution in [3.63, 3.8) is 0 Å². The number of hydrogen-bond acceptors (Lipinski definition) is 3. The van der Waals surface area contributed by atoms with Crippen molar-refractivity contribution in [1.29, 1.82) is 0 Å². The Morgan fingerprint density at radius 1 is 1.58 bits per heavy atom. The quantitative estimate of drug-likeness (QED) is 0.656. The summed E-state index contributed by atoms with van der Waals surface area (Å²) in [5.41, 5.74) is 6.18. The van der Waals surface area contributed by atoms with Crippen molar-refractivity contribution in [3.05, 3.63) is 12.2 Å². The van der Waals surface area contributed by atoms with Gasteiger partial charge in [-0.05, 0) is 19.3 Å². The molecule has 0 radical (unpaired) electrons. The van der Waals surface area contributed by atoms with Crippen LogP contribution in [0, 0.1) is 0 Å². The van der Waals surface area contributed by atoms with Gasteiger partial charge >= 0.3 is 0 Å². The van der Waals surface area contributed by atoms with Gasteiger partial charge in [-0.1, -0.05) is 12.2 Å². The summed E-state index contributed by atoms with van der Waals surface area (Å²) >= 11 is 0. The first-order chi connectivity index (χ1) is 5.56. The molecule has 3 nitrogen and oxygen atoms in total. The molecule has 4 heteroatoms. The third-order valence-corrected chi connectivity index (χ3v) is 4.54. The average molecular weight is 189 g/mol. The van der Waals surface area contributed by atoms with Crippen LogP contribution in [0.4, 0.5) is 0 Å². The van der Waals surface area contributed by atoms with Crippen molar-refractivity contribution < 1.29 is 8.42 Å². The van der Waals surface area contributed by atoms with Crippen molar-refractivity contribution in [2.75, 3.05) is 12.3 Å². The molecular formula is C8H15NO2S. The van der Waals surface area contributed by atoms with Crippen LogP contribution in [0.3, 0.4) is 0 Å². The highest BCUT2D eigenvalue weighted by Gasteiger charge is 2.30. The molecule has 0 saturated carbocycles. The van der Waals surface area contributed by atoms with Crippen LogP contribution in [0.25, 0.3) is 0 Å². The molecule has 0 spiro atoms. The van der Waals surface area contributed by atoms with Crippen LogP contribution in [0.2, 0.25) is 0 Å². The van der Waals surface area contributed by atoms with E-state index in [2.05, 4.69) is 6.58 Å². The van der Waals surface area contributed by atoms with Gasteiger partial charge in [-0.2, -0.15) is 0 Å². The summed E-state index contributed by atoms with van der Waals surface area (Å²) in [5, 5.41) is -0.200. The molecule has 0 amide bonds. The van der Waals surface area contributed by atoms with Crippen LogP contribution in [0.15, 0.2) is 12.2 Å². The van der Waals surface area contributed by atoms with Crippen LogP contribution >= 0.6 is 0 Å². The number of rotatable bonds is 3. The second kappa shape index (κ2) is 3.58. The van der Waals surface area contributed by atoms with Crippen molar-refractivity contribution in [1.82, 2.24) is 0 Å². The fraction of sp³-hybridized carbons (Fsp3) is 0.750. The first-order valence-electron chi connectivity index (χ1n) is 4.14. The Kier molecular flexibility index (Phi) is 2.90. The summed E-state index contributed by atoms with van der Waals surface area (Å²) in [6.45, 7) is 4.11. The van der Waals surface area contributed by atoms with E-state index < -0.39 is 9.84 Å².